The van der Waals surface area contributed by atoms with Gasteiger partial charge in [0.2, 0.25) is 0 Å². The van der Waals surface area contributed by atoms with Gasteiger partial charge in [0.15, 0.2) is 6.61 Å². The van der Waals surface area contributed by atoms with Gasteiger partial charge in [-0.25, -0.2) is 0 Å². The number of hydrogen-bond donors (Lipinski definition) is 0. The standard InChI is InChI=1S/C20H30N2O3/c1-16-4-6-18(7-5-16)25-14-19(23)22-10-8-20(9-11-22)15-21(2)12-17(20)13-24-3/h4-7,17H,8-15H2,1-3H3/t17-/m1/s1. The molecule has 25 heavy (non-hydrogen) atoms. The number of piperidine rings is 1. The van der Waals surface area contributed by atoms with Gasteiger partial charge >= 0.3 is 0 Å². The molecule has 1 aromatic carbocycles. The molecule has 5 heteroatoms. The Morgan fingerprint density at radius 1 is 1.24 bits per heavy atom. The van der Waals surface area contributed by atoms with Gasteiger partial charge in [0.05, 0.1) is 6.61 Å². The van der Waals surface area contributed by atoms with Gasteiger partial charge in [-0.1, -0.05) is 17.7 Å². The van der Waals surface area contributed by atoms with Crippen LogP contribution in [0.25, 0.3) is 0 Å². The Morgan fingerprint density at radius 2 is 1.92 bits per heavy atom. The second-order valence-electron chi connectivity index (χ2n) is 7.69. The number of benzene rings is 1. The predicted octanol–water partition coefficient (Wildman–Crippen LogP) is 2.19. The first kappa shape index (κ1) is 18.2. The van der Waals surface area contributed by atoms with Crippen molar-refractivity contribution in [2.24, 2.45) is 11.3 Å². The Kier molecular flexibility index (Phi) is 5.64. The maximum Gasteiger partial charge on any atom is 0.260 e. The van der Waals surface area contributed by atoms with Crippen LogP contribution in [0.1, 0.15) is 18.4 Å². The SMILES string of the molecule is COC[C@H]1CN(C)CC12CCN(C(=O)COc1ccc(C)cc1)CC2. The van der Waals surface area contributed by atoms with E-state index in [1.54, 1.807) is 7.11 Å². The molecule has 0 radical (unpaired) electrons. The Balaban J connectivity index is 1.51. The van der Waals surface area contributed by atoms with Gasteiger partial charge in [-0.15, -0.1) is 0 Å². The molecular weight excluding hydrogens is 316 g/mol. The average Bonchev–Trinajstić information content (AvgIpc) is 2.90. The molecule has 1 spiro atoms. The molecule has 0 N–H and O–H groups in total. The van der Waals surface area contributed by atoms with Crippen LogP contribution in [0.15, 0.2) is 24.3 Å². The number of ether oxygens (including phenoxy) is 2. The van der Waals surface area contributed by atoms with E-state index in [2.05, 4.69) is 11.9 Å². The summed E-state index contributed by atoms with van der Waals surface area (Å²) in [4.78, 5) is 16.8. The third kappa shape index (κ3) is 4.15. The van der Waals surface area contributed by atoms with Crippen molar-refractivity contribution in [1.29, 1.82) is 0 Å². The van der Waals surface area contributed by atoms with E-state index in [9.17, 15) is 4.79 Å². The molecule has 2 heterocycles. The summed E-state index contributed by atoms with van der Waals surface area (Å²) in [6.07, 6.45) is 2.11. The number of nitrogens with zero attached hydrogens (tertiary/aromatic N) is 2. The molecule has 1 aromatic rings. The van der Waals surface area contributed by atoms with Crippen molar-refractivity contribution in [1.82, 2.24) is 9.80 Å². The van der Waals surface area contributed by atoms with Crippen LogP contribution >= 0.6 is 0 Å². The molecule has 1 amide bonds. The van der Waals surface area contributed by atoms with Crippen LogP contribution in [0.2, 0.25) is 0 Å². The number of aryl methyl sites for hydroxylation is 1. The summed E-state index contributed by atoms with van der Waals surface area (Å²) in [5, 5.41) is 0. The van der Waals surface area contributed by atoms with Crippen molar-refractivity contribution >= 4 is 5.91 Å². The molecule has 0 bridgehead atoms. The lowest BCUT2D eigenvalue weighted by molar-refractivity contribution is -0.136. The summed E-state index contributed by atoms with van der Waals surface area (Å²) in [5.74, 6) is 1.42. The maximum atomic E-state index is 12.5. The maximum absolute atomic E-state index is 12.5. The molecule has 1 atom stereocenters. The average molecular weight is 346 g/mol. The lowest BCUT2D eigenvalue weighted by Gasteiger charge is -2.42. The second kappa shape index (κ2) is 7.75. The van der Waals surface area contributed by atoms with Crippen molar-refractivity contribution in [2.45, 2.75) is 19.8 Å². The number of hydrogen-bond acceptors (Lipinski definition) is 4. The summed E-state index contributed by atoms with van der Waals surface area (Å²) in [6.45, 7) is 6.83. The number of carbonyl (C=O) groups is 1. The zero-order chi connectivity index (χ0) is 17.9. The number of likely N-dealkylation sites (tertiary alicyclic amines) is 2. The Labute approximate surface area is 150 Å². The highest BCUT2D eigenvalue weighted by molar-refractivity contribution is 5.77. The van der Waals surface area contributed by atoms with Crippen LogP contribution in [0.5, 0.6) is 5.75 Å². The fourth-order valence-electron chi connectivity index (χ4n) is 4.37. The topological polar surface area (TPSA) is 42.0 Å². The van der Waals surface area contributed by atoms with E-state index in [-0.39, 0.29) is 12.5 Å². The van der Waals surface area contributed by atoms with E-state index in [1.807, 2.05) is 36.1 Å². The zero-order valence-corrected chi connectivity index (χ0v) is 15.7. The summed E-state index contributed by atoms with van der Waals surface area (Å²) < 4.78 is 11.1. The molecule has 138 valence electrons. The fourth-order valence-corrected chi connectivity index (χ4v) is 4.37. The summed E-state index contributed by atoms with van der Waals surface area (Å²) in [7, 11) is 3.97. The van der Waals surface area contributed by atoms with Gasteiger partial charge in [0.1, 0.15) is 5.75 Å². The van der Waals surface area contributed by atoms with Crippen LogP contribution in [0.3, 0.4) is 0 Å². The lowest BCUT2D eigenvalue weighted by atomic mass is 9.71. The van der Waals surface area contributed by atoms with Crippen molar-refractivity contribution in [3.63, 3.8) is 0 Å². The van der Waals surface area contributed by atoms with E-state index in [0.29, 0.717) is 11.3 Å². The minimum Gasteiger partial charge on any atom is -0.484 e. The van der Waals surface area contributed by atoms with Crippen LogP contribution in [-0.4, -0.2) is 69.3 Å². The molecule has 0 unspecified atom stereocenters. The molecule has 2 aliphatic heterocycles. The molecule has 3 rings (SSSR count). The largest absolute Gasteiger partial charge is 0.484 e. The molecular formula is C20H30N2O3. The summed E-state index contributed by atoms with van der Waals surface area (Å²) in [6, 6.07) is 7.82. The van der Waals surface area contributed by atoms with Crippen molar-refractivity contribution < 1.29 is 14.3 Å². The quantitative estimate of drug-likeness (QED) is 0.820. The third-order valence-corrected chi connectivity index (χ3v) is 5.85. The smallest absolute Gasteiger partial charge is 0.260 e. The summed E-state index contributed by atoms with van der Waals surface area (Å²) in [5.41, 5.74) is 1.49. The van der Waals surface area contributed by atoms with Crippen molar-refractivity contribution in [3.8, 4) is 5.75 Å². The van der Waals surface area contributed by atoms with Gasteiger partial charge in [-0.05, 0) is 44.4 Å². The Bertz CT molecular complexity index is 579. The fraction of sp³-hybridized carbons (Fsp3) is 0.650. The number of carbonyl (C=O) groups excluding carboxylic acids is 1. The first-order chi connectivity index (χ1) is 12.0. The number of rotatable bonds is 5. The van der Waals surface area contributed by atoms with E-state index in [1.165, 1.54) is 5.56 Å². The van der Waals surface area contributed by atoms with Crippen molar-refractivity contribution in [2.75, 3.05) is 53.6 Å². The first-order valence-electron chi connectivity index (χ1n) is 9.17. The summed E-state index contributed by atoms with van der Waals surface area (Å²) >= 11 is 0. The third-order valence-electron chi connectivity index (χ3n) is 5.85. The highest BCUT2D eigenvalue weighted by Gasteiger charge is 2.47. The highest BCUT2D eigenvalue weighted by Crippen LogP contribution is 2.44. The molecule has 5 nitrogen and oxygen atoms in total. The molecule has 2 saturated heterocycles. The lowest BCUT2D eigenvalue weighted by Crippen LogP contribution is -2.48. The number of methoxy groups -OCH3 is 1. The molecule has 2 fully saturated rings. The normalized spacial score (nSPS) is 23.2. The van der Waals surface area contributed by atoms with E-state index < -0.39 is 0 Å². The van der Waals surface area contributed by atoms with Gasteiger partial charge in [0.25, 0.3) is 5.91 Å². The van der Waals surface area contributed by atoms with Crippen molar-refractivity contribution in [3.05, 3.63) is 29.8 Å². The van der Waals surface area contributed by atoms with Gasteiger partial charge in [-0.2, -0.15) is 0 Å². The molecule has 0 saturated carbocycles. The highest BCUT2D eigenvalue weighted by atomic mass is 16.5. The van der Waals surface area contributed by atoms with E-state index >= 15 is 0 Å². The monoisotopic (exact) mass is 346 g/mol. The van der Waals surface area contributed by atoms with Crippen LogP contribution < -0.4 is 4.74 Å². The minimum atomic E-state index is 0.0880. The minimum absolute atomic E-state index is 0.0880. The molecule has 0 aliphatic carbocycles. The Hall–Kier alpha value is -1.59. The van der Waals surface area contributed by atoms with Gasteiger partial charge < -0.3 is 19.3 Å². The van der Waals surface area contributed by atoms with Gasteiger partial charge in [0, 0.05) is 39.2 Å². The van der Waals surface area contributed by atoms with E-state index in [4.69, 9.17) is 9.47 Å². The number of amides is 1. The van der Waals surface area contributed by atoms with Crippen LogP contribution in [0, 0.1) is 18.3 Å². The van der Waals surface area contributed by atoms with Crippen LogP contribution in [0.4, 0.5) is 0 Å². The van der Waals surface area contributed by atoms with Crippen LogP contribution in [-0.2, 0) is 9.53 Å². The predicted molar refractivity (Wildman–Crippen MR) is 97.8 cm³/mol. The Morgan fingerprint density at radius 3 is 2.56 bits per heavy atom. The second-order valence-corrected chi connectivity index (χ2v) is 7.69. The zero-order valence-electron chi connectivity index (χ0n) is 15.7. The first-order valence-corrected chi connectivity index (χ1v) is 9.17. The molecule has 2 aliphatic rings. The van der Waals surface area contributed by atoms with Gasteiger partial charge in [-0.3, -0.25) is 4.79 Å². The van der Waals surface area contributed by atoms with E-state index in [0.717, 1.165) is 51.4 Å². The molecule has 0 aromatic heterocycles.